The normalized spacial score (nSPS) is 11.1. The number of hydrogen-bond donors (Lipinski definition) is 2. The number of phenols is 1. The van der Waals surface area contributed by atoms with Crippen molar-refractivity contribution in [1.82, 2.24) is 0 Å². The third-order valence-corrected chi connectivity index (χ3v) is 4.10. The monoisotopic (exact) mass is 308 g/mol. The van der Waals surface area contributed by atoms with Crippen molar-refractivity contribution in [2.24, 2.45) is 0 Å². The molecule has 21 heavy (non-hydrogen) atoms. The van der Waals surface area contributed by atoms with Crippen LogP contribution in [0.3, 0.4) is 0 Å². The Bertz CT molecular complexity index is 802. The number of aromatic hydroxyl groups is 1. The minimum absolute atomic E-state index is 0.00778. The van der Waals surface area contributed by atoms with Gasteiger partial charge in [-0.1, -0.05) is 12.1 Å². The summed E-state index contributed by atoms with van der Waals surface area (Å²) < 4.78 is 26.5. The van der Waals surface area contributed by atoms with Gasteiger partial charge >= 0.3 is 0 Å². The summed E-state index contributed by atoms with van der Waals surface area (Å²) >= 11 is 0. The Morgan fingerprint density at radius 1 is 1.19 bits per heavy atom. The van der Waals surface area contributed by atoms with Crippen molar-refractivity contribution in [3.63, 3.8) is 0 Å². The van der Waals surface area contributed by atoms with E-state index < -0.39 is 20.7 Å². The van der Waals surface area contributed by atoms with Crippen molar-refractivity contribution in [2.45, 2.75) is 11.8 Å². The van der Waals surface area contributed by atoms with Crippen LogP contribution < -0.4 is 4.72 Å². The first-order valence-electron chi connectivity index (χ1n) is 5.86. The van der Waals surface area contributed by atoms with Crippen LogP contribution in [0.1, 0.15) is 5.56 Å². The molecule has 0 aliphatic carbocycles. The Hall–Kier alpha value is -2.61. The summed E-state index contributed by atoms with van der Waals surface area (Å²) in [6, 6.07) is 9.27. The quantitative estimate of drug-likeness (QED) is 0.512. The predicted molar refractivity (Wildman–Crippen MR) is 76.7 cm³/mol. The second-order valence-corrected chi connectivity index (χ2v) is 6.06. The summed E-state index contributed by atoms with van der Waals surface area (Å²) in [6.07, 6.45) is 0. The Balaban J connectivity index is 2.41. The molecule has 8 heteroatoms. The maximum absolute atomic E-state index is 12.2. The van der Waals surface area contributed by atoms with Crippen molar-refractivity contribution in [2.75, 3.05) is 4.72 Å². The molecule has 0 aliphatic rings. The Morgan fingerprint density at radius 2 is 1.90 bits per heavy atom. The average molecular weight is 308 g/mol. The highest BCUT2D eigenvalue weighted by atomic mass is 32.2. The highest BCUT2D eigenvalue weighted by Crippen LogP contribution is 2.29. The molecule has 0 heterocycles. The number of phenolic OH excluding ortho intramolecular Hbond substituents is 1. The van der Waals surface area contributed by atoms with Crippen molar-refractivity contribution in [3.8, 4) is 5.75 Å². The summed E-state index contributed by atoms with van der Waals surface area (Å²) in [7, 11) is -3.93. The van der Waals surface area contributed by atoms with E-state index in [1.54, 1.807) is 19.1 Å². The van der Waals surface area contributed by atoms with E-state index in [1.165, 1.54) is 12.1 Å². The number of nitrogens with one attached hydrogen (secondary N) is 1. The lowest BCUT2D eigenvalue weighted by Gasteiger charge is -2.10. The number of nitro benzene ring substituents is 1. The van der Waals surface area contributed by atoms with E-state index in [9.17, 15) is 23.6 Å². The molecule has 0 saturated carbocycles. The van der Waals surface area contributed by atoms with E-state index in [2.05, 4.69) is 4.72 Å². The molecule has 2 N–H and O–H groups in total. The van der Waals surface area contributed by atoms with Crippen LogP contribution in [0.2, 0.25) is 0 Å². The number of hydrogen-bond acceptors (Lipinski definition) is 5. The smallest absolute Gasteiger partial charge is 0.271 e. The van der Waals surface area contributed by atoms with Gasteiger partial charge < -0.3 is 5.11 Å². The number of benzene rings is 2. The summed E-state index contributed by atoms with van der Waals surface area (Å²) in [5, 5.41) is 20.3. The van der Waals surface area contributed by atoms with Crippen LogP contribution in [-0.2, 0) is 10.0 Å². The van der Waals surface area contributed by atoms with E-state index in [1.807, 2.05) is 0 Å². The van der Waals surface area contributed by atoms with Crippen LogP contribution in [0, 0.1) is 17.0 Å². The van der Waals surface area contributed by atoms with E-state index >= 15 is 0 Å². The second kappa shape index (κ2) is 5.41. The number of non-ortho nitro benzene ring substituents is 1. The van der Waals surface area contributed by atoms with Crippen molar-refractivity contribution < 1.29 is 18.4 Å². The average Bonchev–Trinajstić information content (AvgIpc) is 2.41. The van der Waals surface area contributed by atoms with Crippen molar-refractivity contribution >= 4 is 21.4 Å². The van der Waals surface area contributed by atoms with Gasteiger partial charge in [-0.05, 0) is 30.7 Å². The summed E-state index contributed by atoms with van der Waals surface area (Å²) in [6.45, 7) is 1.74. The zero-order chi connectivity index (χ0) is 15.6. The lowest BCUT2D eigenvalue weighted by atomic mass is 10.2. The molecule has 0 atom stereocenters. The van der Waals surface area contributed by atoms with Crippen molar-refractivity contribution in [1.29, 1.82) is 0 Å². The SMILES string of the molecule is Cc1cccc(S(=O)(=O)Nc2cc([N+](=O)[O-])ccc2O)c1. The number of nitro groups is 1. The Labute approximate surface area is 121 Å². The van der Waals surface area contributed by atoms with Crippen LogP contribution in [0.5, 0.6) is 5.75 Å². The number of anilines is 1. The van der Waals surface area contributed by atoms with Gasteiger partial charge in [0.2, 0.25) is 0 Å². The van der Waals surface area contributed by atoms with E-state index in [0.717, 1.165) is 23.8 Å². The maximum Gasteiger partial charge on any atom is 0.271 e. The molecule has 0 radical (unpaired) electrons. The van der Waals surface area contributed by atoms with Gasteiger partial charge in [0, 0.05) is 12.1 Å². The zero-order valence-electron chi connectivity index (χ0n) is 11.0. The fourth-order valence-electron chi connectivity index (χ4n) is 1.71. The van der Waals surface area contributed by atoms with Crippen LogP contribution in [0.25, 0.3) is 0 Å². The molecule has 7 nitrogen and oxygen atoms in total. The van der Waals surface area contributed by atoms with Gasteiger partial charge in [0.25, 0.3) is 15.7 Å². The molecule has 0 unspecified atom stereocenters. The lowest BCUT2D eigenvalue weighted by molar-refractivity contribution is -0.384. The molecular formula is C13H12N2O5S. The van der Waals surface area contributed by atoms with Crippen LogP contribution in [0.4, 0.5) is 11.4 Å². The first kappa shape index (κ1) is 14.8. The van der Waals surface area contributed by atoms with Gasteiger partial charge in [0.15, 0.2) is 0 Å². The standard InChI is InChI=1S/C13H12N2O5S/c1-9-3-2-4-11(7-9)21(19,20)14-12-8-10(15(17)18)5-6-13(12)16/h2-8,14,16H,1H3. The number of aryl methyl sites for hydroxylation is 1. The summed E-state index contributed by atoms with van der Waals surface area (Å²) in [5.74, 6) is -0.392. The third kappa shape index (κ3) is 3.29. The largest absolute Gasteiger partial charge is 0.506 e. The molecule has 0 fully saturated rings. The van der Waals surface area contributed by atoms with Gasteiger partial charge in [-0.15, -0.1) is 0 Å². The number of rotatable bonds is 4. The summed E-state index contributed by atoms with van der Waals surface area (Å²) in [4.78, 5) is 10.0. The van der Waals surface area contributed by atoms with Gasteiger partial charge in [-0.3, -0.25) is 14.8 Å². The first-order chi connectivity index (χ1) is 9.79. The molecule has 0 amide bonds. The zero-order valence-corrected chi connectivity index (χ0v) is 11.8. The number of sulfonamides is 1. The molecular weight excluding hydrogens is 296 g/mol. The predicted octanol–water partition coefficient (Wildman–Crippen LogP) is 2.41. The highest BCUT2D eigenvalue weighted by Gasteiger charge is 2.18. The minimum atomic E-state index is -3.93. The molecule has 2 rings (SSSR count). The van der Waals surface area contributed by atoms with E-state index in [-0.39, 0.29) is 16.3 Å². The highest BCUT2D eigenvalue weighted by molar-refractivity contribution is 7.92. The van der Waals surface area contributed by atoms with Crippen LogP contribution in [0.15, 0.2) is 47.4 Å². The fraction of sp³-hybridized carbons (Fsp3) is 0.0769. The first-order valence-corrected chi connectivity index (χ1v) is 7.35. The van der Waals surface area contributed by atoms with Gasteiger partial charge in [-0.25, -0.2) is 8.42 Å². The molecule has 0 spiro atoms. The maximum atomic E-state index is 12.2. The van der Waals surface area contributed by atoms with Gasteiger partial charge in [-0.2, -0.15) is 0 Å². The van der Waals surface area contributed by atoms with E-state index in [4.69, 9.17) is 0 Å². The fourth-order valence-corrected chi connectivity index (χ4v) is 2.88. The van der Waals surface area contributed by atoms with Crippen LogP contribution in [-0.4, -0.2) is 18.4 Å². The van der Waals surface area contributed by atoms with Crippen LogP contribution >= 0.6 is 0 Å². The topological polar surface area (TPSA) is 110 Å². The second-order valence-electron chi connectivity index (χ2n) is 4.38. The Morgan fingerprint density at radius 3 is 2.52 bits per heavy atom. The molecule has 0 saturated heterocycles. The van der Waals surface area contributed by atoms with Crippen molar-refractivity contribution in [3.05, 3.63) is 58.1 Å². The third-order valence-electron chi connectivity index (χ3n) is 2.74. The van der Waals surface area contributed by atoms with Gasteiger partial charge in [0.05, 0.1) is 15.5 Å². The summed E-state index contributed by atoms with van der Waals surface area (Å²) in [5.41, 5.74) is 0.182. The van der Waals surface area contributed by atoms with Gasteiger partial charge in [0.1, 0.15) is 5.75 Å². The molecule has 2 aromatic rings. The molecule has 0 aromatic heterocycles. The molecule has 2 aromatic carbocycles. The lowest BCUT2D eigenvalue weighted by Crippen LogP contribution is -2.13. The molecule has 110 valence electrons. The molecule has 0 aliphatic heterocycles. The van der Waals surface area contributed by atoms with E-state index in [0.29, 0.717) is 0 Å². The minimum Gasteiger partial charge on any atom is -0.506 e. The Kier molecular flexibility index (Phi) is 3.81. The molecule has 0 bridgehead atoms. The number of nitrogens with zero attached hydrogens (tertiary/aromatic N) is 1.